The van der Waals surface area contributed by atoms with E-state index < -0.39 is 0 Å². The molecule has 2 aromatic heterocycles. The Bertz CT molecular complexity index is 1010. The van der Waals surface area contributed by atoms with Gasteiger partial charge in [-0.15, -0.1) is 11.3 Å². The van der Waals surface area contributed by atoms with Crippen LogP contribution in [-0.4, -0.2) is 42.0 Å². The molecule has 130 valence electrons. The second kappa shape index (κ2) is 6.77. The summed E-state index contributed by atoms with van der Waals surface area (Å²) < 4.78 is 1.15. The molecule has 6 heteroatoms. The molecule has 0 atom stereocenters. The average molecular weight is 362 g/mol. The lowest BCUT2D eigenvalue weighted by molar-refractivity contribution is 0.0751. The van der Waals surface area contributed by atoms with Gasteiger partial charge in [0.05, 0.1) is 10.4 Å². The first-order valence-corrected chi connectivity index (χ1v) is 9.38. The third-order valence-electron chi connectivity index (χ3n) is 4.81. The van der Waals surface area contributed by atoms with Crippen molar-refractivity contribution in [2.45, 2.75) is 6.92 Å². The first-order chi connectivity index (χ1) is 12.7. The fourth-order valence-electron chi connectivity index (χ4n) is 3.38. The highest BCUT2D eigenvalue weighted by atomic mass is 32.1. The number of hydrogen-bond donors (Lipinski definition) is 0. The van der Waals surface area contributed by atoms with Gasteiger partial charge in [-0.1, -0.05) is 18.2 Å². The molecule has 1 aliphatic heterocycles. The molecule has 1 saturated heterocycles. The van der Waals surface area contributed by atoms with Crippen LogP contribution in [0, 0.1) is 18.3 Å². The van der Waals surface area contributed by atoms with E-state index in [2.05, 4.69) is 28.1 Å². The molecule has 0 spiro atoms. The molecule has 0 unspecified atom stereocenters. The van der Waals surface area contributed by atoms with Gasteiger partial charge in [0.15, 0.2) is 0 Å². The Balaban J connectivity index is 1.52. The number of rotatable bonds is 2. The molecule has 0 N–H and O–H groups in total. The lowest BCUT2D eigenvalue weighted by Gasteiger charge is -2.35. The number of benzene rings is 1. The number of fused-ring (bicyclic) bond motifs is 1. The van der Waals surface area contributed by atoms with Gasteiger partial charge in [0.1, 0.15) is 11.9 Å². The number of anilines is 1. The summed E-state index contributed by atoms with van der Waals surface area (Å²) >= 11 is 1.57. The van der Waals surface area contributed by atoms with Crippen molar-refractivity contribution >= 4 is 33.1 Å². The van der Waals surface area contributed by atoms with Gasteiger partial charge in [0.2, 0.25) is 0 Å². The van der Waals surface area contributed by atoms with Gasteiger partial charge in [-0.25, -0.2) is 4.98 Å². The monoisotopic (exact) mass is 362 g/mol. The zero-order valence-electron chi connectivity index (χ0n) is 14.5. The third-order valence-corrected chi connectivity index (χ3v) is 6.07. The van der Waals surface area contributed by atoms with Crippen LogP contribution in [0.2, 0.25) is 0 Å². The van der Waals surface area contributed by atoms with Crippen molar-refractivity contribution in [1.29, 1.82) is 5.26 Å². The summed E-state index contributed by atoms with van der Waals surface area (Å²) in [6, 6.07) is 13.9. The highest BCUT2D eigenvalue weighted by Gasteiger charge is 2.26. The fourth-order valence-corrected chi connectivity index (χ4v) is 4.56. The van der Waals surface area contributed by atoms with Gasteiger partial charge in [0, 0.05) is 37.1 Å². The number of hydrogen-bond acceptors (Lipinski definition) is 5. The first kappa shape index (κ1) is 16.6. The molecule has 0 saturated carbocycles. The van der Waals surface area contributed by atoms with E-state index in [-0.39, 0.29) is 5.91 Å². The minimum atomic E-state index is 0.102. The number of nitriles is 1. The predicted octanol–water partition coefficient (Wildman–Crippen LogP) is 3.44. The number of pyridine rings is 1. The van der Waals surface area contributed by atoms with E-state index in [0.29, 0.717) is 37.6 Å². The zero-order valence-corrected chi connectivity index (χ0v) is 15.3. The molecule has 1 amide bonds. The number of nitrogens with zero attached hydrogens (tertiary/aromatic N) is 4. The number of piperazine rings is 1. The van der Waals surface area contributed by atoms with Crippen LogP contribution >= 0.6 is 11.3 Å². The molecular weight excluding hydrogens is 344 g/mol. The normalized spacial score (nSPS) is 14.5. The molecule has 0 radical (unpaired) electrons. The molecule has 1 fully saturated rings. The lowest BCUT2D eigenvalue weighted by Crippen LogP contribution is -2.49. The summed E-state index contributed by atoms with van der Waals surface area (Å²) in [5.74, 6) is 0.810. The van der Waals surface area contributed by atoms with E-state index >= 15 is 0 Å². The Morgan fingerprint density at radius 1 is 1.15 bits per heavy atom. The van der Waals surface area contributed by atoms with Crippen molar-refractivity contribution in [2.24, 2.45) is 0 Å². The maximum atomic E-state index is 13.0. The molecule has 0 aliphatic carbocycles. The molecule has 0 bridgehead atoms. The number of aromatic nitrogens is 1. The summed E-state index contributed by atoms with van der Waals surface area (Å²) in [6.45, 7) is 4.65. The maximum Gasteiger partial charge on any atom is 0.264 e. The molecule has 4 rings (SSSR count). The zero-order chi connectivity index (χ0) is 18.1. The predicted molar refractivity (Wildman–Crippen MR) is 104 cm³/mol. The minimum Gasteiger partial charge on any atom is -0.352 e. The van der Waals surface area contributed by atoms with Crippen LogP contribution in [0.5, 0.6) is 0 Å². The topological polar surface area (TPSA) is 60.2 Å². The minimum absolute atomic E-state index is 0.102. The summed E-state index contributed by atoms with van der Waals surface area (Å²) in [4.78, 5) is 22.2. The van der Waals surface area contributed by atoms with E-state index in [1.54, 1.807) is 29.7 Å². The Morgan fingerprint density at radius 3 is 2.65 bits per heavy atom. The second-order valence-electron chi connectivity index (χ2n) is 6.32. The van der Waals surface area contributed by atoms with Crippen LogP contribution in [0.3, 0.4) is 0 Å². The first-order valence-electron chi connectivity index (χ1n) is 8.56. The number of aryl methyl sites for hydroxylation is 1. The van der Waals surface area contributed by atoms with Crippen LogP contribution in [0.25, 0.3) is 10.1 Å². The van der Waals surface area contributed by atoms with Gasteiger partial charge in [0.25, 0.3) is 5.91 Å². The van der Waals surface area contributed by atoms with E-state index in [0.717, 1.165) is 20.5 Å². The maximum absolute atomic E-state index is 13.0. The Hall–Kier alpha value is -2.91. The summed E-state index contributed by atoms with van der Waals surface area (Å²) in [7, 11) is 0. The molecule has 3 heterocycles. The standard InChI is InChI=1S/C20H18N4OS/c1-14-16-6-2-3-7-17(16)26-18(14)20(25)24-11-9-23(10-12-24)19-15(13-21)5-4-8-22-19/h2-8H,9-12H2,1H3. The summed E-state index contributed by atoms with van der Waals surface area (Å²) in [5, 5.41) is 10.4. The highest BCUT2D eigenvalue weighted by Crippen LogP contribution is 2.31. The SMILES string of the molecule is Cc1c(C(=O)N2CCN(c3ncccc3C#N)CC2)sc2ccccc12. The van der Waals surface area contributed by atoms with E-state index in [4.69, 9.17) is 0 Å². The van der Waals surface area contributed by atoms with Gasteiger partial charge in [-0.05, 0) is 36.1 Å². The van der Waals surface area contributed by atoms with Crippen molar-refractivity contribution in [2.75, 3.05) is 31.1 Å². The summed E-state index contributed by atoms with van der Waals surface area (Å²) in [5.41, 5.74) is 1.64. The largest absolute Gasteiger partial charge is 0.352 e. The van der Waals surface area contributed by atoms with Crippen molar-refractivity contribution in [1.82, 2.24) is 9.88 Å². The van der Waals surface area contributed by atoms with Crippen molar-refractivity contribution < 1.29 is 4.79 Å². The van der Waals surface area contributed by atoms with E-state index in [9.17, 15) is 10.1 Å². The molecule has 3 aromatic rings. The number of amides is 1. The highest BCUT2D eigenvalue weighted by molar-refractivity contribution is 7.21. The number of carbonyl (C=O) groups excluding carboxylic acids is 1. The second-order valence-corrected chi connectivity index (χ2v) is 7.37. The van der Waals surface area contributed by atoms with Crippen LogP contribution in [0.1, 0.15) is 20.8 Å². The smallest absolute Gasteiger partial charge is 0.264 e. The lowest BCUT2D eigenvalue weighted by atomic mass is 10.1. The van der Waals surface area contributed by atoms with Gasteiger partial charge in [-0.2, -0.15) is 5.26 Å². The molecular formula is C20H18N4OS. The van der Waals surface area contributed by atoms with Gasteiger partial charge in [-0.3, -0.25) is 4.79 Å². The number of thiophene rings is 1. The fraction of sp³-hybridized carbons (Fsp3) is 0.250. The Labute approximate surface area is 156 Å². The van der Waals surface area contributed by atoms with E-state index in [1.807, 2.05) is 24.0 Å². The molecule has 1 aromatic carbocycles. The Kier molecular flexibility index (Phi) is 4.31. The molecule has 26 heavy (non-hydrogen) atoms. The van der Waals surface area contributed by atoms with Crippen molar-refractivity contribution in [3.63, 3.8) is 0 Å². The summed E-state index contributed by atoms with van der Waals surface area (Å²) in [6.07, 6.45) is 1.70. The quantitative estimate of drug-likeness (QED) is 0.701. The third kappa shape index (κ3) is 2.80. The van der Waals surface area contributed by atoms with Crippen LogP contribution in [0.15, 0.2) is 42.6 Å². The van der Waals surface area contributed by atoms with Crippen molar-refractivity contribution in [3.05, 3.63) is 58.6 Å². The molecule has 1 aliphatic rings. The molecule has 5 nitrogen and oxygen atoms in total. The average Bonchev–Trinajstić information content (AvgIpc) is 3.04. The van der Waals surface area contributed by atoms with Gasteiger partial charge >= 0.3 is 0 Å². The van der Waals surface area contributed by atoms with Crippen molar-refractivity contribution in [3.8, 4) is 6.07 Å². The number of carbonyl (C=O) groups is 1. The van der Waals surface area contributed by atoms with Gasteiger partial charge < -0.3 is 9.80 Å². The van der Waals surface area contributed by atoms with Crippen LogP contribution in [-0.2, 0) is 0 Å². The Morgan fingerprint density at radius 2 is 1.92 bits per heavy atom. The van der Waals surface area contributed by atoms with Crippen LogP contribution in [0.4, 0.5) is 5.82 Å². The van der Waals surface area contributed by atoms with E-state index in [1.165, 1.54) is 0 Å². The van der Waals surface area contributed by atoms with Crippen LogP contribution < -0.4 is 4.90 Å².